The molecule has 1 saturated carbocycles. The largest absolute Gasteiger partial charge is 0.326 e. The lowest BCUT2D eigenvalue weighted by molar-refractivity contribution is -1.02. The smallest absolute Gasteiger partial charge is 0.235 e. The topological polar surface area (TPSA) is 46.3 Å². The third-order valence-corrected chi connectivity index (χ3v) is 8.63. The van der Waals surface area contributed by atoms with Crippen molar-refractivity contribution >= 4 is 11.8 Å². The number of rotatable bonds is 7. The van der Waals surface area contributed by atoms with Crippen LogP contribution in [0.2, 0.25) is 0 Å². The lowest BCUT2D eigenvalue weighted by Crippen LogP contribution is -3.27. The van der Waals surface area contributed by atoms with E-state index in [-0.39, 0.29) is 28.6 Å². The number of amides is 2. The van der Waals surface area contributed by atoms with Crippen molar-refractivity contribution in [2.45, 2.75) is 53.0 Å². The van der Waals surface area contributed by atoms with Crippen LogP contribution in [0.5, 0.6) is 0 Å². The fraction of sp³-hybridized carbons (Fsp3) is 0.680. The second-order valence-corrected chi connectivity index (χ2v) is 10.6. The maximum atomic E-state index is 13.1. The predicted molar refractivity (Wildman–Crippen MR) is 117 cm³/mol. The number of fused-ring (bicyclic) bond motifs is 2. The Morgan fingerprint density at radius 1 is 0.967 bits per heavy atom. The minimum atomic E-state index is -0.366. The Hall–Kier alpha value is -1.72. The van der Waals surface area contributed by atoms with Crippen LogP contribution in [-0.4, -0.2) is 56.0 Å². The van der Waals surface area contributed by atoms with Crippen molar-refractivity contribution in [2.24, 2.45) is 16.7 Å². The van der Waals surface area contributed by atoms with Gasteiger partial charge in [0.05, 0.1) is 12.0 Å². The summed E-state index contributed by atoms with van der Waals surface area (Å²) >= 11 is 0. The number of carbonyl (C=O) groups excluding carboxylic acids is 2. The first kappa shape index (κ1) is 21.5. The van der Waals surface area contributed by atoms with Gasteiger partial charge in [0, 0.05) is 18.0 Å². The molecule has 164 valence electrons. The van der Waals surface area contributed by atoms with Gasteiger partial charge < -0.3 is 9.80 Å². The molecule has 3 aliphatic rings. The molecule has 0 aromatic heterocycles. The molecule has 2 saturated heterocycles. The summed E-state index contributed by atoms with van der Waals surface area (Å²) in [7, 11) is 0. The molecule has 0 spiro atoms. The highest BCUT2D eigenvalue weighted by Gasteiger charge is 2.64. The van der Waals surface area contributed by atoms with Gasteiger partial charge in [0.15, 0.2) is 0 Å². The standard InChI is InChI=1S/C25H37N3O2/c1-24(2)21-11-12-25(24,3)23(30)28(22(21)29)14-8-7-13-26-15-17-27(18-16-26)19-20-9-5-4-6-10-20/h4-6,9-10,21H,7-8,11-19H2,1-3H3/p+2. The van der Waals surface area contributed by atoms with E-state index < -0.39 is 0 Å². The Bertz CT molecular complexity index is 770. The van der Waals surface area contributed by atoms with Crippen molar-refractivity contribution in [2.75, 3.05) is 39.3 Å². The van der Waals surface area contributed by atoms with E-state index in [0.29, 0.717) is 6.54 Å². The Balaban J connectivity index is 1.19. The molecule has 1 aromatic carbocycles. The zero-order chi connectivity index (χ0) is 21.4. The van der Waals surface area contributed by atoms with Gasteiger partial charge in [0.2, 0.25) is 11.8 Å². The number of unbranched alkanes of at least 4 members (excludes halogenated alkanes) is 1. The number of nitrogens with zero attached hydrogens (tertiary/aromatic N) is 1. The second kappa shape index (κ2) is 8.43. The molecule has 4 rings (SSSR count). The number of piperazine rings is 1. The molecule has 2 aliphatic heterocycles. The van der Waals surface area contributed by atoms with E-state index in [9.17, 15) is 9.59 Å². The fourth-order valence-electron chi connectivity index (χ4n) is 6.03. The quantitative estimate of drug-likeness (QED) is 0.507. The summed E-state index contributed by atoms with van der Waals surface area (Å²) < 4.78 is 0. The highest BCUT2D eigenvalue weighted by molar-refractivity contribution is 6.03. The first-order valence-corrected chi connectivity index (χ1v) is 11.9. The predicted octanol–water partition coefficient (Wildman–Crippen LogP) is 0.562. The molecule has 2 atom stereocenters. The van der Waals surface area contributed by atoms with E-state index in [1.54, 1.807) is 14.7 Å². The summed E-state index contributed by atoms with van der Waals surface area (Å²) in [6.07, 6.45) is 3.74. The van der Waals surface area contributed by atoms with Gasteiger partial charge in [-0.15, -0.1) is 0 Å². The molecule has 2 bridgehead atoms. The van der Waals surface area contributed by atoms with Crippen molar-refractivity contribution in [1.29, 1.82) is 0 Å². The SMILES string of the molecule is CC12CCC(C(=O)N(CCCC[NH+]3CC[NH+](Cc4ccccc4)CC3)C1=O)C2(C)C. The molecule has 0 radical (unpaired) electrons. The number of hydrogen-bond donors (Lipinski definition) is 2. The van der Waals surface area contributed by atoms with Crippen molar-refractivity contribution < 1.29 is 19.4 Å². The van der Waals surface area contributed by atoms with Crippen LogP contribution >= 0.6 is 0 Å². The molecule has 5 nitrogen and oxygen atoms in total. The minimum absolute atomic E-state index is 0.0199. The van der Waals surface area contributed by atoms with Crippen LogP contribution in [0.1, 0.15) is 52.0 Å². The maximum Gasteiger partial charge on any atom is 0.235 e. The van der Waals surface area contributed by atoms with E-state index >= 15 is 0 Å². The summed E-state index contributed by atoms with van der Waals surface area (Å²) in [6, 6.07) is 10.8. The summed E-state index contributed by atoms with van der Waals surface area (Å²) in [5.74, 6) is 0.189. The average Bonchev–Trinajstić information content (AvgIpc) is 2.93. The summed E-state index contributed by atoms with van der Waals surface area (Å²) in [5, 5.41) is 0. The van der Waals surface area contributed by atoms with Crippen molar-refractivity contribution in [3.05, 3.63) is 35.9 Å². The van der Waals surface area contributed by atoms with Gasteiger partial charge in [-0.2, -0.15) is 0 Å². The van der Waals surface area contributed by atoms with Gasteiger partial charge in [0.25, 0.3) is 0 Å². The molecule has 2 unspecified atom stereocenters. The second-order valence-electron chi connectivity index (χ2n) is 10.6. The lowest BCUT2D eigenvalue weighted by atomic mass is 9.62. The van der Waals surface area contributed by atoms with Crippen molar-refractivity contribution in [1.82, 2.24) is 4.90 Å². The third kappa shape index (κ3) is 3.82. The van der Waals surface area contributed by atoms with Crippen LogP contribution in [0.4, 0.5) is 0 Å². The van der Waals surface area contributed by atoms with Crippen molar-refractivity contribution in [3.8, 4) is 0 Å². The highest BCUT2D eigenvalue weighted by Crippen LogP contribution is 2.60. The van der Waals surface area contributed by atoms with Gasteiger partial charge in [-0.05, 0) is 31.1 Å². The van der Waals surface area contributed by atoms with Gasteiger partial charge in [-0.25, -0.2) is 0 Å². The number of imide groups is 1. The molecule has 3 fully saturated rings. The molecule has 30 heavy (non-hydrogen) atoms. The first-order chi connectivity index (χ1) is 14.3. The normalized spacial score (nSPS) is 33.2. The monoisotopic (exact) mass is 413 g/mol. The number of likely N-dealkylation sites (tertiary alicyclic amines) is 1. The molecule has 2 amide bonds. The Morgan fingerprint density at radius 2 is 1.63 bits per heavy atom. The molecule has 5 heteroatoms. The molecule has 1 aromatic rings. The highest BCUT2D eigenvalue weighted by atomic mass is 16.2. The minimum Gasteiger partial charge on any atom is -0.326 e. The van der Waals surface area contributed by atoms with E-state index in [1.807, 2.05) is 0 Å². The molecule has 2 heterocycles. The number of carbonyl (C=O) groups is 2. The number of hydrogen-bond acceptors (Lipinski definition) is 2. The Kier molecular flexibility index (Phi) is 6.04. The Morgan fingerprint density at radius 3 is 2.33 bits per heavy atom. The van der Waals surface area contributed by atoms with E-state index in [2.05, 4.69) is 51.1 Å². The van der Waals surface area contributed by atoms with Crippen LogP contribution in [0, 0.1) is 16.7 Å². The number of piperidine rings is 1. The summed E-state index contributed by atoms with van der Waals surface area (Å²) in [4.78, 5) is 31.0. The first-order valence-electron chi connectivity index (χ1n) is 11.9. The van der Waals surface area contributed by atoms with Gasteiger partial charge in [0.1, 0.15) is 32.7 Å². The van der Waals surface area contributed by atoms with Crippen LogP contribution in [0.25, 0.3) is 0 Å². The maximum absolute atomic E-state index is 13.1. The third-order valence-electron chi connectivity index (χ3n) is 8.63. The van der Waals surface area contributed by atoms with E-state index in [0.717, 1.165) is 38.8 Å². The van der Waals surface area contributed by atoms with Crippen molar-refractivity contribution in [3.63, 3.8) is 0 Å². The zero-order valence-electron chi connectivity index (χ0n) is 19.0. The summed E-state index contributed by atoms with van der Waals surface area (Å²) in [6.45, 7) is 14.1. The van der Waals surface area contributed by atoms with Crippen LogP contribution in [-0.2, 0) is 16.1 Å². The van der Waals surface area contributed by atoms with Crippen LogP contribution in [0.15, 0.2) is 30.3 Å². The lowest BCUT2D eigenvalue weighted by Gasteiger charge is -2.47. The van der Waals surface area contributed by atoms with Gasteiger partial charge >= 0.3 is 0 Å². The average molecular weight is 414 g/mol. The number of quaternary nitrogens is 2. The number of nitrogens with one attached hydrogen (secondary N) is 2. The fourth-order valence-corrected chi connectivity index (χ4v) is 6.03. The van der Waals surface area contributed by atoms with Crippen LogP contribution < -0.4 is 9.80 Å². The van der Waals surface area contributed by atoms with Gasteiger partial charge in [-0.1, -0.05) is 51.1 Å². The van der Waals surface area contributed by atoms with Gasteiger partial charge in [-0.3, -0.25) is 14.5 Å². The zero-order valence-corrected chi connectivity index (χ0v) is 19.0. The molecule has 2 N–H and O–H groups in total. The van der Waals surface area contributed by atoms with E-state index in [4.69, 9.17) is 0 Å². The van der Waals surface area contributed by atoms with Crippen LogP contribution in [0.3, 0.4) is 0 Å². The van der Waals surface area contributed by atoms with E-state index in [1.165, 1.54) is 31.7 Å². The molecular weight excluding hydrogens is 374 g/mol. The molecule has 1 aliphatic carbocycles. The summed E-state index contributed by atoms with van der Waals surface area (Å²) in [5.41, 5.74) is 0.857. The Labute approximate surface area is 181 Å². The molecular formula is C25H39N3O2+2. The number of benzene rings is 1.